The second kappa shape index (κ2) is 6.43. The molecule has 1 aliphatic heterocycles. The Morgan fingerprint density at radius 3 is 2.62 bits per heavy atom. The van der Waals surface area contributed by atoms with Crippen LogP contribution in [0.2, 0.25) is 0 Å². The van der Waals surface area contributed by atoms with Gasteiger partial charge in [0.25, 0.3) is 0 Å². The fourth-order valence-electron chi connectivity index (χ4n) is 2.36. The lowest BCUT2D eigenvalue weighted by Crippen LogP contribution is -2.36. The van der Waals surface area contributed by atoms with Gasteiger partial charge in [0.05, 0.1) is 0 Å². The normalized spacial score (nSPS) is 18.0. The third-order valence-electron chi connectivity index (χ3n) is 3.75. The van der Waals surface area contributed by atoms with Crippen molar-refractivity contribution >= 4 is 27.3 Å². The molecule has 1 saturated heterocycles. The third kappa shape index (κ3) is 4.03. The van der Waals surface area contributed by atoms with Gasteiger partial charge in [0.1, 0.15) is 9.09 Å². The fourth-order valence-corrected chi connectivity index (χ4v) is 4.90. The monoisotopic (exact) mass is 332 g/mol. The highest BCUT2D eigenvalue weighted by molar-refractivity contribution is 7.91. The van der Waals surface area contributed by atoms with E-state index in [-0.39, 0.29) is 9.09 Å². The zero-order valence-electron chi connectivity index (χ0n) is 12.1. The van der Waals surface area contributed by atoms with Crippen molar-refractivity contribution in [3.63, 3.8) is 0 Å². The van der Waals surface area contributed by atoms with E-state index >= 15 is 0 Å². The second-order valence-corrected chi connectivity index (χ2v) is 8.53. The number of hydrogen-bond donors (Lipinski definition) is 2. The van der Waals surface area contributed by atoms with Gasteiger partial charge in [-0.25, -0.2) is 17.9 Å². The molecule has 0 bridgehead atoms. The number of carbonyl (C=O) groups is 1. The van der Waals surface area contributed by atoms with E-state index in [1.165, 1.54) is 6.07 Å². The van der Waals surface area contributed by atoms with Crippen molar-refractivity contribution < 1.29 is 18.3 Å². The molecule has 2 rings (SSSR count). The Labute approximate surface area is 128 Å². The van der Waals surface area contributed by atoms with Crippen LogP contribution in [0.5, 0.6) is 0 Å². The Kier molecular flexibility index (Phi) is 5.03. The quantitative estimate of drug-likeness (QED) is 0.850. The van der Waals surface area contributed by atoms with Gasteiger partial charge in [0.2, 0.25) is 10.0 Å². The first-order chi connectivity index (χ1) is 9.79. The van der Waals surface area contributed by atoms with Gasteiger partial charge in [-0.3, -0.25) is 0 Å². The van der Waals surface area contributed by atoms with Gasteiger partial charge in [-0.05, 0) is 57.5 Å². The minimum absolute atomic E-state index is 0.0744. The predicted molar refractivity (Wildman–Crippen MR) is 81.4 cm³/mol. The standard InChI is InChI=1S/C13H20N2O4S2/c1-9-7-11(20-12(9)13(16)17)21(18,19)14-8-10-3-5-15(2)6-4-10/h7,10,14H,3-6,8H2,1-2H3,(H,16,17). The number of carboxylic acids is 1. The average Bonchev–Trinajstić information content (AvgIpc) is 2.81. The molecule has 1 aromatic rings. The predicted octanol–water partition coefficient (Wildman–Crippen LogP) is 1.37. The fraction of sp³-hybridized carbons (Fsp3) is 0.615. The molecule has 0 aliphatic carbocycles. The molecule has 6 nitrogen and oxygen atoms in total. The Balaban J connectivity index is 2.02. The summed E-state index contributed by atoms with van der Waals surface area (Å²) >= 11 is 0.803. The molecule has 2 heterocycles. The molecule has 0 atom stereocenters. The highest BCUT2D eigenvalue weighted by Gasteiger charge is 2.24. The minimum atomic E-state index is -3.62. The maximum atomic E-state index is 12.2. The molecule has 0 spiro atoms. The number of rotatable bonds is 5. The molecule has 21 heavy (non-hydrogen) atoms. The summed E-state index contributed by atoms with van der Waals surface area (Å²) in [5, 5.41) is 8.99. The summed E-state index contributed by atoms with van der Waals surface area (Å²) in [5.41, 5.74) is 0.479. The van der Waals surface area contributed by atoms with E-state index in [1.54, 1.807) is 6.92 Å². The molecule has 1 aromatic heterocycles. The van der Waals surface area contributed by atoms with Crippen molar-refractivity contribution in [1.29, 1.82) is 0 Å². The Hall–Kier alpha value is -0.960. The number of aryl methyl sites for hydroxylation is 1. The van der Waals surface area contributed by atoms with Crippen molar-refractivity contribution in [2.45, 2.75) is 24.0 Å². The number of hydrogen-bond acceptors (Lipinski definition) is 5. The summed E-state index contributed by atoms with van der Waals surface area (Å²) in [4.78, 5) is 13.3. The number of nitrogens with zero attached hydrogens (tertiary/aromatic N) is 1. The smallest absolute Gasteiger partial charge is 0.346 e. The Morgan fingerprint density at radius 2 is 2.10 bits per heavy atom. The molecular formula is C13H20N2O4S2. The molecule has 0 aromatic carbocycles. The van der Waals surface area contributed by atoms with Gasteiger partial charge in [0, 0.05) is 6.54 Å². The third-order valence-corrected chi connectivity index (χ3v) is 6.88. The van der Waals surface area contributed by atoms with Crippen molar-refractivity contribution in [2.24, 2.45) is 5.92 Å². The van der Waals surface area contributed by atoms with Crippen molar-refractivity contribution in [3.05, 3.63) is 16.5 Å². The molecule has 1 fully saturated rings. The van der Waals surface area contributed by atoms with E-state index in [4.69, 9.17) is 5.11 Å². The van der Waals surface area contributed by atoms with Gasteiger partial charge in [-0.15, -0.1) is 11.3 Å². The van der Waals surface area contributed by atoms with Crippen LogP contribution in [0.1, 0.15) is 28.1 Å². The summed E-state index contributed by atoms with van der Waals surface area (Å²) in [6.07, 6.45) is 1.95. The molecule has 118 valence electrons. The number of piperidine rings is 1. The molecule has 0 unspecified atom stereocenters. The van der Waals surface area contributed by atoms with Gasteiger partial charge in [-0.2, -0.15) is 0 Å². The average molecular weight is 332 g/mol. The number of aromatic carboxylic acids is 1. The molecule has 0 radical (unpaired) electrons. The van der Waals surface area contributed by atoms with Gasteiger partial charge in [0.15, 0.2) is 0 Å². The first-order valence-corrected chi connectivity index (χ1v) is 9.11. The van der Waals surface area contributed by atoms with Gasteiger partial charge >= 0.3 is 5.97 Å². The van der Waals surface area contributed by atoms with E-state index in [0.717, 1.165) is 37.3 Å². The van der Waals surface area contributed by atoms with Crippen LogP contribution in [-0.2, 0) is 10.0 Å². The largest absolute Gasteiger partial charge is 0.477 e. The highest BCUT2D eigenvalue weighted by atomic mass is 32.2. The SMILES string of the molecule is Cc1cc(S(=O)(=O)NCC2CCN(C)CC2)sc1C(=O)O. The first kappa shape index (κ1) is 16.4. The van der Waals surface area contributed by atoms with E-state index in [1.807, 2.05) is 0 Å². The zero-order chi connectivity index (χ0) is 15.6. The van der Waals surface area contributed by atoms with Crippen LogP contribution in [0.25, 0.3) is 0 Å². The minimum Gasteiger partial charge on any atom is -0.477 e. The summed E-state index contributed by atoms with van der Waals surface area (Å²) < 4.78 is 27.1. The molecule has 0 saturated carbocycles. The molecule has 0 amide bonds. The summed E-state index contributed by atoms with van der Waals surface area (Å²) in [6.45, 7) is 3.98. The second-order valence-electron chi connectivity index (χ2n) is 5.48. The number of carboxylic acid groups (broad SMARTS) is 1. The van der Waals surface area contributed by atoms with Crippen LogP contribution in [0, 0.1) is 12.8 Å². The van der Waals surface area contributed by atoms with Crippen LogP contribution in [0.15, 0.2) is 10.3 Å². The Morgan fingerprint density at radius 1 is 1.48 bits per heavy atom. The summed E-state index contributed by atoms with van der Waals surface area (Å²) in [7, 11) is -1.56. The number of nitrogens with one attached hydrogen (secondary N) is 1. The topological polar surface area (TPSA) is 86.7 Å². The van der Waals surface area contributed by atoms with Crippen molar-refractivity contribution in [1.82, 2.24) is 9.62 Å². The molecule has 2 N–H and O–H groups in total. The van der Waals surface area contributed by atoms with E-state index in [2.05, 4.69) is 16.7 Å². The van der Waals surface area contributed by atoms with Crippen LogP contribution in [-0.4, -0.2) is 51.1 Å². The highest BCUT2D eigenvalue weighted by Crippen LogP contribution is 2.26. The van der Waals surface area contributed by atoms with Crippen LogP contribution in [0.3, 0.4) is 0 Å². The van der Waals surface area contributed by atoms with Crippen LogP contribution in [0.4, 0.5) is 0 Å². The number of likely N-dealkylation sites (tertiary alicyclic amines) is 1. The zero-order valence-corrected chi connectivity index (χ0v) is 13.8. The van der Waals surface area contributed by atoms with Gasteiger partial charge in [-0.1, -0.05) is 0 Å². The number of sulfonamides is 1. The first-order valence-electron chi connectivity index (χ1n) is 6.81. The lowest BCUT2D eigenvalue weighted by atomic mass is 9.98. The maximum Gasteiger partial charge on any atom is 0.346 e. The lowest BCUT2D eigenvalue weighted by molar-refractivity contribution is 0.0701. The van der Waals surface area contributed by atoms with Gasteiger partial charge < -0.3 is 10.0 Å². The molecule has 8 heteroatoms. The van der Waals surface area contributed by atoms with Crippen LogP contribution >= 0.6 is 11.3 Å². The summed E-state index contributed by atoms with van der Waals surface area (Å²) in [6, 6.07) is 1.42. The van der Waals surface area contributed by atoms with E-state index < -0.39 is 16.0 Å². The number of thiophene rings is 1. The summed E-state index contributed by atoms with van der Waals surface area (Å²) in [5.74, 6) is -0.745. The lowest BCUT2D eigenvalue weighted by Gasteiger charge is -2.28. The van der Waals surface area contributed by atoms with Crippen LogP contribution < -0.4 is 4.72 Å². The Bertz CT molecular complexity index is 616. The molecule has 1 aliphatic rings. The molecular weight excluding hydrogens is 312 g/mol. The maximum absolute atomic E-state index is 12.2. The van der Waals surface area contributed by atoms with Crippen molar-refractivity contribution in [3.8, 4) is 0 Å². The van der Waals surface area contributed by atoms with E-state index in [9.17, 15) is 13.2 Å². The van der Waals surface area contributed by atoms with Crippen molar-refractivity contribution in [2.75, 3.05) is 26.7 Å². The van der Waals surface area contributed by atoms with E-state index in [0.29, 0.717) is 18.0 Å².